The summed E-state index contributed by atoms with van der Waals surface area (Å²) >= 11 is 7.59. The van der Waals surface area contributed by atoms with E-state index in [1.165, 1.54) is 11.8 Å². The molecule has 0 radical (unpaired) electrons. The zero-order valence-corrected chi connectivity index (χ0v) is 19.3. The fourth-order valence-electron chi connectivity index (χ4n) is 3.76. The third-order valence-electron chi connectivity index (χ3n) is 5.31. The second kappa shape index (κ2) is 9.06. The van der Waals surface area contributed by atoms with Crippen molar-refractivity contribution in [2.75, 3.05) is 22.2 Å². The van der Waals surface area contributed by atoms with Crippen molar-refractivity contribution in [3.05, 3.63) is 71.5 Å². The van der Waals surface area contributed by atoms with E-state index < -0.39 is 9.84 Å². The summed E-state index contributed by atoms with van der Waals surface area (Å²) < 4.78 is 26.0. The van der Waals surface area contributed by atoms with E-state index >= 15 is 0 Å². The highest BCUT2D eigenvalue weighted by Gasteiger charge is 2.35. The highest BCUT2D eigenvalue weighted by molar-refractivity contribution is 7.99. The molecule has 31 heavy (non-hydrogen) atoms. The molecule has 162 valence electrons. The van der Waals surface area contributed by atoms with E-state index in [0.717, 1.165) is 11.3 Å². The largest absolute Gasteiger partial charge is 0.308 e. The third-order valence-corrected chi connectivity index (χ3v) is 8.42. The zero-order chi connectivity index (χ0) is 22.0. The molecule has 1 aromatic heterocycles. The van der Waals surface area contributed by atoms with Crippen molar-refractivity contribution in [3.8, 4) is 5.69 Å². The Morgan fingerprint density at radius 3 is 2.71 bits per heavy atom. The topological polar surface area (TPSA) is 72.3 Å². The third kappa shape index (κ3) is 4.81. The fourth-order valence-corrected chi connectivity index (χ4v) is 6.45. The molecule has 1 amide bonds. The molecule has 2 heterocycles. The van der Waals surface area contributed by atoms with Gasteiger partial charge in [0.1, 0.15) is 0 Å². The first-order valence-electron chi connectivity index (χ1n) is 9.85. The minimum absolute atomic E-state index is 0.00532. The van der Waals surface area contributed by atoms with Gasteiger partial charge in [-0.2, -0.15) is 0 Å². The van der Waals surface area contributed by atoms with E-state index in [0.29, 0.717) is 22.3 Å². The Labute approximate surface area is 191 Å². The van der Waals surface area contributed by atoms with Crippen molar-refractivity contribution in [2.45, 2.75) is 24.5 Å². The first kappa shape index (κ1) is 21.9. The highest BCUT2D eigenvalue weighted by Crippen LogP contribution is 2.29. The van der Waals surface area contributed by atoms with Gasteiger partial charge >= 0.3 is 0 Å². The maximum absolute atomic E-state index is 13.3. The van der Waals surface area contributed by atoms with Crippen LogP contribution < -0.4 is 4.90 Å². The van der Waals surface area contributed by atoms with Crippen LogP contribution in [0.3, 0.4) is 0 Å². The maximum atomic E-state index is 13.3. The molecule has 1 atom stereocenters. The van der Waals surface area contributed by atoms with E-state index in [4.69, 9.17) is 11.6 Å². The number of rotatable bonds is 6. The van der Waals surface area contributed by atoms with Gasteiger partial charge in [-0.3, -0.25) is 9.36 Å². The minimum Gasteiger partial charge on any atom is -0.308 e. The Bertz CT molecular complexity index is 1200. The maximum Gasteiger partial charge on any atom is 0.237 e. The number of carbonyl (C=O) groups excluding carboxylic acids is 1. The number of para-hydroxylation sites is 1. The summed E-state index contributed by atoms with van der Waals surface area (Å²) in [6, 6.07) is 14.6. The van der Waals surface area contributed by atoms with Gasteiger partial charge in [0.05, 0.1) is 29.0 Å². The average molecular weight is 476 g/mol. The van der Waals surface area contributed by atoms with Crippen LogP contribution in [0.2, 0.25) is 5.02 Å². The molecule has 0 N–H and O–H groups in total. The van der Waals surface area contributed by atoms with E-state index in [1.54, 1.807) is 11.1 Å². The molecular weight excluding hydrogens is 454 g/mol. The van der Waals surface area contributed by atoms with Crippen molar-refractivity contribution in [2.24, 2.45) is 0 Å². The standard InChI is InChI=1S/C22H22ClN3O3S2/c1-16-19(23)8-5-9-20(16)25-12-11-24-22(25)30-14-21(27)26(17-6-3-2-4-7-17)18-10-13-31(28,29)15-18/h2-9,11-12,18H,10,13-15H2,1H3/t18-/m1/s1. The Morgan fingerprint density at radius 1 is 1.23 bits per heavy atom. The number of carbonyl (C=O) groups is 1. The van der Waals surface area contributed by atoms with Crippen molar-refractivity contribution < 1.29 is 13.2 Å². The lowest BCUT2D eigenvalue weighted by Crippen LogP contribution is -2.42. The summed E-state index contributed by atoms with van der Waals surface area (Å²) in [5.74, 6) is 0.104. The molecule has 1 aliphatic heterocycles. The first-order chi connectivity index (χ1) is 14.9. The van der Waals surface area contributed by atoms with E-state index in [1.807, 2.05) is 66.2 Å². The summed E-state index contributed by atoms with van der Waals surface area (Å²) in [6.07, 6.45) is 3.97. The Kier molecular flexibility index (Phi) is 6.41. The molecule has 0 saturated carbocycles. The van der Waals surface area contributed by atoms with Gasteiger partial charge in [0.25, 0.3) is 0 Å². The molecule has 9 heteroatoms. The molecule has 2 aromatic carbocycles. The number of aromatic nitrogens is 2. The Balaban J connectivity index is 1.56. The molecular formula is C22H22ClN3O3S2. The highest BCUT2D eigenvalue weighted by atomic mass is 35.5. The van der Waals surface area contributed by atoms with Gasteiger partial charge < -0.3 is 4.90 Å². The molecule has 4 rings (SSSR count). The molecule has 0 aliphatic carbocycles. The van der Waals surface area contributed by atoms with Crippen LogP contribution in [0.5, 0.6) is 0 Å². The molecule has 1 saturated heterocycles. The number of imidazole rings is 1. The number of benzene rings is 2. The van der Waals surface area contributed by atoms with Crippen molar-refractivity contribution in [3.63, 3.8) is 0 Å². The Morgan fingerprint density at radius 2 is 2.00 bits per heavy atom. The van der Waals surface area contributed by atoms with Crippen LogP contribution in [0.1, 0.15) is 12.0 Å². The Hall–Kier alpha value is -2.29. The van der Waals surface area contributed by atoms with Crippen LogP contribution in [-0.4, -0.2) is 47.2 Å². The van der Waals surface area contributed by atoms with Gasteiger partial charge in [-0.25, -0.2) is 13.4 Å². The summed E-state index contributed by atoms with van der Waals surface area (Å²) in [4.78, 5) is 19.3. The van der Waals surface area contributed by atoms with Gasteiger partial charge in [0.2, 0.25) is 5.91 Å². The van der Waals surface area contributed by atoms with Gasteiger partial charge in [0, 0.05) is 23.1 Å². The van der Waals surface area contributed by atoms with Crippen LogP contribution in [0.25, 0.3) is 5.69 Å². The van der Waals surface area contributed by atoms with Crippen molar-refractivity contribution in [1.82, 2.24) is 9.55 Å². The van der Waals surface area contributed by atoms with Crippen LogP contribution in [0.4, 0.5) is 5.69 Å². The normalized spacial score (nSPS) is 17.5. The minimum atomic E-state index is -3.12. The lowest BCUT2D eigenvalue weighted by atomic mass is 10.2. The van der Waals surface area contributed by atoms with Gasteiger partial charge in [0.15, 0.2) is 15.0 Å². The molecule has 0 bridgehead atoms. The number of hydrogen-bond donors (Lipinski definition) is 0. The number of thioether (sulfide) groups is 1. The van der Waals surface area contributed by atoms with E-state index in [9.17, 15) is 13.2 Å². The van der Waals surface area contributed by atoms with Crippen LogP contribution >= 0.6 is 23.4 Å². The average Bonchev–Trinajstić information content (AvgIpc) is 3.35. The lowest BCUT2D eigenvalue weighted by molar-refractivity contribution is -0.116. The number of halogens is 1. The predicted octanol–water partition coefficient (Wildman–Crippen LogP) is 4.15. The summed E-state index contributed by atoms with van der Waals surface area (Å²) in [5.41, 5.74) is 2.54. The lowest BCUT2D eigenvalue weighted by Gasteiger charge is -2.28. The second-order valence-corrected chi connectivity index (χ2v) is 11.0. The summed E-state index contributed by atoms with van der Waals surface area (Å²) in [7, 11) is -3.12. The number of nitrogens with zero attached hydrogens (tertiary/aromatic N) is 3. The number of sulfone groups is 1. The molecule has 0 unspecified atom stereocenters. The smallest absolute Gasteiger partial charge is 0.237 e. The quantitative estimate of drug-likeness (QED) is 0.501. The monoisotopic (exact) mass is 475 g/mol. The molecule has 0 spiro atoms. The van der Waals surface area contributed by atoms with Gasteiger partial charge in [-0.15, -0.1) is 0 Å². The zero-order valence-electron chi connectivity index (χ0n) is 16.9. The fraction of sp³-hybridized carbons (Fsp3) is 0.273. The van der Waals surface area contributed by atoms with Gasteiger partial charge in [-0.05, 0) is 43.2 Å². The molecule has 6 nitrogen and oxygen atoms in total. The summed E-state index contributed by atoms with van der Waals surface area (Å²) in [6.45, 7) is 1.94. The van der Waals surface area contributed by atoms with Crippen LogP contribution in [0.15, 0.2) is 66.1 Å². The number of amides is 1. The van der Waals surface area contributed by atoms with E-state index in [-0.39, 0.29) is 29.2 Å². The van der Waals surface area contributed by atoms with Crippen LogP contribution in [-0.2, 0) is 14.6 Å². The SMILES string of the molecule is Cc1c(Cl)cccc1-n1ccnc1SCC(=O)N(c1ccccc1)[C@@H]1CCS(=O)(=O)C1. The number of anilines is 1. The summed E-state index contributed by atoms with van der Waals surface area (Å²) in [5, 5.41) is 1.33. The van der Waals surface area contributed by atoms with Crippen LogP contribution in [0, 0.1) is 6.92 Å². The first-order valence-corrected chi connectivity index (χ1v) is 13.0. The number of hydrogen-bond acceptors (Lipinski definition) is 5. The predicted molar refractivity (Wildman–Crippen MR) is 125 cm³/mol. The van der Waals surface area contributed by atoms with Gasteiger partial charge in [-0.1, -0.05) is 47.6 Å². The van der Waals surface area contributed by atoms with E-state index in [2.05, 4.69) is 4.98 Å². The second-order valence-electron chi connectivity index (χ2n) is 7.41. The molecule has 3 aromatic rings. The van der Waals surface area contributed by atoms with Crippen molar-refractivity contribution in [1.29, 1.82) is 0 Å². The molecule has 1 aliphatic rings. The molecule has 1 fully saturated rings. The van der Waals surface area contributed by atoms with Crippen molar-refractivity contribution >= 4 is 44.8 Å².